The summed E-state index contributed by atoms with van der Waals surface area (Å²) < 4.78 is 0.946. The summed E-state index contributed by atoms with van der Waals surface area (Å²) in [5.41, 5.74) is 1.91. The van der Waals surface area contributed by atoms with Crippen molar-refractivity contribution in [1.29, 1.82) is 0 Å². The van der Waals surface area contributed by atoms with Crippen LogP contribution >= 0.6 is 34.2 Å². The molecule has 0 saturated heterocycles. The molecule has 3 nitrogen and oxygen atoms in total. The second kappa shape index (κ2) is 6.56. The molecular weight excluding hydrogens is 389 g/mol. The number of hydrogen-bond acceptors (Lipinski definition) is 2. The molecule has 0 saturated carbocycles. The highest BCUT2D eigenvalue weighted by atomic mass is 127. The van der Waals surface area contributed by atoms with Gasteiger partial charge in [0.1, 0.15) is 0 Å². The SMILES string of the molecule is C[C@H](O)c1ccc(NC(=O)c2cc(I)ccc2Cl)cc1. The Morgan fingerprint density at radius 3 is 2.50 bits per heavy atom. The van der Waals surface area contributed by atoms with Crippen molar-refractivity contribution < 1.29 is 9.90 Å². The minimum Gasteiger partial charge on any atom is -0.389 e. The summed E-state index contributed by atoms with van der Waals surface area (Å²) in [4.78, 5) is 12.2. The van der Waals surface area contributed by atoms with Gasteiger partial charge >= 0.3 is 0 Å². The predicted octanol–water partition coefficient (Wildman–Crippen LogP) is 4.25. The first kappa shape index (κ1) is 15.3. The molecule has 1 amide bonds. The average Bonchev–Trinajstić information content (AvgIpc) is 2.42. The van der Waals surface area contributed by atoms with Crippen molar-refractivity contribution in [2.75, 3.05) is 5.32 Å². The van der Waals surface area contributed by atoms with Crippen molar-refractivity contribution in [2.45, 2.75) is 13.0 Å². The minimum atomic E-state index is -0.523. The van der Waals surface area contributed by atoms with Gasteiger partial charge in [-0.1, -0.05) is 23.7 Å². The van der Waals surface area contributed by atoms with E-state index >= 15 is 0 Å². The van der Waals surface area contributed by atoms with Gasteiger partial charge in [0, 0.05) is 9.26 Å². The number of aliphatic hydroxyl groups excluding tert-OH is 1. The Labute approximate surface area is 136 Å². The predicted molar refractivity (Wildman–Crippen MR) is 89.2 cm³/mol. The molecule has 2 N–H and O–H groups in total. The molecule has 0 spiro atoms. The van der Waals surface area contributed by atoms with Crippen molar-refractivity contribution in [3.05, 3.63) is 62.2 Å². The number of carbonyl (C=O) groups excluding carboxylic acids is 1. The van der Waals surface area contributed by atoms with Gasteiger partial charge in [0.05, 0.1) is 16.7 Å². The zero-order valence-electron chi connectivity index (χ0n) is 10.7. The molecule has 0 unspecified atom stereocenters. The molecule has 5 heteroatoms. The van der Waals surface area contributed by atoms with Crippen LogP contribution in [0.2, 0.25) is 5.02 Å². The van der Waals surface area contributed by atoms with E-state index in [1.807, 2.05) is 6.07 Å². The number of anilines is 1. The lowest BCUT2D eigenvalue weighted by Gasteiger charge is -2.09. The first-order valence-electron chi connectivity index (χ1n) is 6.02. The van der Waals surface area contributed by atoms with Crippen LogP contribution in [0.5, 0.6) is 0 Å². The van der Waals surface area contributed by atoms with Crippen LogP contribution in [0.25, 0.3) is 0 Å². The van der Waals surface area contributed by atoms with Crippen molar-refractivity contribution in [3.63, 3.8) is 0 Å². The van der Waals surface area contributed by atoms with Gasteiger partial charge in [-0.3, -0.25) is 4.79 Å². The van der Waals surface area contributed by atoms with Crippen LogP contribution < -0.4 is 5.32 Å². The standard InChI is InChI=1S/C15H13ClINO2/c1-9(19)10-2-5-12(6-3-10)18-15(20)13-8-11(17)4-7-14(13)16/h2-9,19H,1H3,(H,18,20)/t9-/m0/s1. The highest BCUT2D eigenvalue weighted by molar-refractivity contribution is 14.1. The third kappa shape index (κ3) is 3.71. The van der Waals surface area contributed by atoms with Gasteiger partial charge < -0.3 is 10.4 Å². The van der Waals surface area contributed by atoms with Gasteiger partial charge in [-0.25, -0.2) is 0 Å². The van der Waals surface area contributed by atoms with E-state index in [4.69, 9.17) is 11.6 Å². The molecular formula is C15H13ClINO2. The second-order valence-electron chi connectivity index (χ2n) is 4.38. The summed E-state index contributed by atoms with van der Waals surface area (Å²) in [6, 6.07) is 12.3. The Kier molecular flexibility index (Phi) is 5.01. The van der Waals surface area contributed by atoms with E-state index in [2.05, 4.69) is 27.9 Å². The lowest BCUT2D eigenvalue weighted by atomic mass is 10.1. The number of carbonyl (C=O) groups is 1. The van der Waals surface area contributed by atoms with Gasteiger partial charge in [-0.05, 0) is 65.4 Å². The van der Waals surface area contributed by atoms with Gasteiger partial charge in [-0.2, -0.15) is 0 Å². The smallest absolute Gasteiger partial charge is 0.257 e. The molecule has 2 rings (SSSR count). The fraction of sp³-hybridized carbons (Fsp3) is 0.133. The molecule has 0 aliphatic rings. The Bertz CT molecular complexity index is 626. The molecule has 1 atom stereocenters. The Morgan fingerprint density at radius 2 is 1.90 bits per heavy atom. The fourth-order valence-electron chi connectivity index (χ4n) is 1.71. The molecule has 2 aromatic carbocycles. The maximum absolute atomic E-state index is 12.2. The molecule has 0 fully saturated rings. The molecule has 104 valence electrons. The van der Waals surface area contributed by atoms with Crippen LogP contribution in [0.3, 0.4) is 0 Å². The average molecular weight is 402 g/mol. The van der Waals surface area contributed by atoms with Crippen LogP contribution in [0.1, 0.15) is 28.9 Å². The molecule has 0 bridgehead atoms. The normalized spacial score (nSPS) is 12.0. The van der Waals surface area contributed by atoms with E-state index in [-0.39, 0.29) is 5.91 Å². The lowest BCUT2D eigenvalue weighted by Crippen LogP contribution is -2.12. The van der Waals surface area contributed by atoms with Crippen LogP contribution in [0.15, 0.2) is 42.5 Å². The van der Waals surface area contributed by atoms with Crippen molar-refractivity contribution in [1.82, 2.24) is 0 Å². The maximum Gasteiger partial charge on any atom is 0.257 e. The van der Waals surface area contributed by atoms with Crippen LogP contribution in [0.4, 0.5) is 5.69 Å². The lowest BCUT2D eigenvalue weighted by molar-refractivity contribution is 0.102. The van der Waals surface area contributed by atoms with E-state index in [0.717, 1.165) is 9.13 Å². The number of rotatable bonds is 3. The van der Waals surface area contributed by atoms with Gasteiger partial charge in [0.25, 0.3) is 5.91 Å². The highest BCUT2D eigenvalue weighted by Gasteiger charge is 2.11. The van der Waals surface area contributed by atoms with Gasteiger partial charge in [-0.15, -0.1) is 0 Å². The summed E-state index contributed by atoms with van der Waals surface area (Å²) in [7, 11) is 0. The molecule has 0 aliphatic carbocycles. The van der Waals surface area contributed by atoms with Gasteiger partial charge in [0.15, 0.2) is 0 Å². The molecule has 0 aliphatic heterocycles. The van der Waals surface area contributed by atoms with Crippen LogP contribution in [-0.2, 0) is 0 Å². The van der Waals surface area contributed by atoms with Crippen molar-refractivity contribution >= 4 is 45.8 Å². The number of amides is 1. The third-order valence-electron chi connectivity index (χ3n) is 2.82. The number of halogens is 2. The van der Waals surface area contributed by atoms with Gasteiger partial charge in [0.2, 0.25) is 0 Å². The first-order chi connectivity index (χ1) is 9.47. The number of nitrogens with one attached hydrogen (secondary N) is 1. The van der Waals surface area contributed by atoms with E-state index in [9.17, 15) is 9.90 Å². The Balaban J connectivity index is 2.17. The summed E-state index contributed by atoms with van der Waals surface area (Å²) in [6.07, 6.45) is -0.523. The fourth-order valence-corrected chi connectivity index (χ4v) is 2.41. The quantitative estimate of drug-likeness (QED) is 0.756. The summed E-state index contributed by atoms with van der Waals surface area (Å²) in [5.74, 6) is -0.252. The number of aliphatic hydroxyl groups is 1. The Morgan fingerprint density at radius 1 is 1.25 bits per heavy atom. The molecule has 2 aromatic rings. The monoisotopic (exact) mass is 401 g/mol. The summed E-state index contributed by atoms with van der Waals surface area (Å²) in [5, 5.41) is 12.6. The first-order valence-corrected chi connectivity index (χ1v) is 7.47. The van der Waals surface area contributed by atoms with Crippen molar-refractivity contribution in [3.8, 4) is 0 Å². The largest absolute Gasteiger partial charge is 0.389 e. The third-order valence-corrected chi connectivity index (χ3v) is 3.82. The zero-order chi connectivity index (χ0) is 14.7. The molecule has 0 aromatic heterocycles. The van der Waals surface area contributed by atoms with Crippen LogP contribution in [-0.4, -0.2) is 11.0 Å². The summed E-state index contributed by atoms with van der Waals surface area (Å²) in [6.45, 7) is 1.69. The second-order valence-corrected chi connectivity index (χ2v) is 6.03. The molecule has 0 heterocycles. The van der Waals surface area contributed by atoms with E-state index in [1.54, 1.807) is 43.3 Å². The van der Waals surface area contributed by atoms with Crippen LogP contribution in [0, 0.1) is 3.57 Å². The topological polar surface area (TPSA) is 49.3 Å². The minimum absolute atomic E-state index is 0.252. The molecule has 0 radical (unpaired) electrons. The Hall–Kier alpha value is -1.11. The van der Waals surface area contributed by atoms with E-state index < -0.39 is 6.10 Å². The zero-order valence-corrected chi connectivity index (χ0v) is 13.6. The highest BCUT2D eigenvalue weighted by Crippen LogP contribution is 2.21. The molecule has 20 heavy (non-hydrogen) atoms. The van der Waals surface area contributed by atoms with E-state index in [0.29, 0.717) is 16.3 Å². The number of hydrogen-bond donors (Lipinski definition) is 2. The summed E-state index contributed by atoms with van der Waals surface area (Å²) >= 11 is 8.16. The maximum atomic E-state index is 12.2. The van der Waals surface area contributed by atoms with Crippen molar-refractivity contribution in [2.24, 2.45) is 0 Å². The van der Waals surface area contributed by atoms with E-state index in [1.165, 1.54) is 0 Å². The number of benzene rings is 2.